The van der Waals surface area contributed by atoms with Gasteiger partial charge in [-0.1, -0.05) is 6.92 Å². The Balaban J connectivity index is 2.37. The molecule has 1 heterocycles. The molecule has 1 atom stereocenters. The number of nitrogens with one attached hydrogen (secondary N) is 1. The molecule has 2 rings (SSSR count). The van der Waals surface area contributed by atoms with E-state index in [9.17, 15) is 8.78 Å². The topological polar surface area (TPSA) is 25.2 Å². The highest BCUT2D eigenvalue weighted by Gasteiger charge is 2.16. The minimum absolute atomic E-state index is 0.0117. The Labute approximate surface area is 98.6 Å². The fourth-order valence-corrected chi connectivity index (χ4v) is 2.02. The van der Waals surface area contributed by atoms with E-state index in [-0.39, 0.29) is 22.8 Å². The average molecular weight is 239 g/mol. The van der Waals surface area contributed by atoms with Gasteiger partial charge in [-0.25, -0.2) is 8.78 Å². The zero-order valence-corrected chi connectivity index (χ0v) is 9.89. The Morgan fingerprint density at radius 2 is 2.18 bits per heavy atom. The van der Waals surface area contributed by atoms with Gasteiger partial charge in [0, 0.05) is 6.04 Å². The molecular weight excluding hydrogens is 224 g/mol. The molecule has 0 aliphatic carbocycles. The van der Waals surface area contributed by atoms with Crippen LogP contribution in [-0.4, -0.2) is 12.6 Å². The summed E-state index contributed by atoms with van der Waals surface area (Å²) in [5.41, 5.74) is 0.368. The van der Waals surface area contributed by atoms with Crippen LogP contribution in [0.25, 0.3) is 11.0 Å². The van der Waals surface area contributed by atoms with Gasteiger partial charge >= 0.3 is 0 Å². The number of halogens is 2. The van der Waals surface area contributed by atoms with Crippen LogP contribution in [0.3, 0.4) is 0 Å². The van der Waals surface area contributed by atoms with E-state index in [1.165, 1.54) is 18.4 Å². The molecule has 0 fully saturated rings. The lowest BCUT2D eigenvalue weighted by molar-refractivity contribution is 0.529. The molecule has 1 aromatic heterocycles. The third kappa shape index (κ3) is 2.31. The van der Waals surface area contributed by atoms with Gasteiger partial charge < -0.3 is 9.73 Å². The van der Waals surface area contributed by atoms with Crippen LogP contribution in [0, 0.1) is 11.6 Å². The molecule has 17 heavy (non-hydrogen) atoms. The summed E-state index contributed by atoms with van der Waals surface area (Å²) in [4.78, 5) is 0. The normalized spacial score (nSPS) is 13.2. The number of likely N-dealkylation sites (N-methyl/N-ethyl adjacent to an activating group) is 1. The van der Waals surface area contributed by atoms with Crippen molar-refractivity contribution in [2.75, 3.05) is 6.54 Å². The lowest BCUT2D eigenvalue weighted by Crippen LogP contribution is -2.28. The van der Waals surface area contributed by atoms with Crippen LogP contribution in [0.15, 0.2) is 22.8 Å². The van der Waals surface area contributed by atoms with Gasteiger partial charge in [0.2, 0.25) is 0 Å². The molecule has 0 spiro atoms. The molecule has 0 amide bonds. The third-order valence-corrected chi connectivity index (χ3v) is 2.78. The van der Waals surface area contributed by atoms with Gasteiger partial charge in [0.25, 0.3) is 0 Å². The van der Waals surface area contributed by atoms with Crippen LogP contribution in [0.4, 0.5) is 8.78 Å². The van der Waals surface area contributed by atoms with Crippen molar-refractivity contribution in [1.29, 1.82) is 0 Å². The first-order valence-corrected chi connectivity index (χ1v) is 5.71. The van der Waals surface area contributed by atoms with E-state index in [2.05, 4.69) is 5.32 Å². The van der Waals surface area contributed by atoms with Crippen molar-refractivity contribution in [2.45, 2.75) is 26.3 Å². The Morgan fingerprint density at radius 3 is 2.88 bits per heavy atom. The van der Waals surface area contributed by atoms with Gasteiger partial charge in [-0.05, 0) is 37.6 Å². The molecule has 1 aromatic carbocycles. The summed E-state index contributed by atoms with van der Waals surface area (Å²) in [6.45, 7) is 4.73. The Bertz CT molecular complexity index is 521. The van der Waals surface area contributed by atoms with E-state index in [1.54, 1.807) is 0 Å². The highest BCUT2D eigenvalue weighted by Crippen LogP contribution is 2.25. The number of benzene rings is 1. The molecule has 0 saturated heterocycles. The standard InChI is InChI=1S/C13H15F2NO/c1-3-16-8(2)6-9-7-11(14)13-10(12(9)15)4-5-17-13/h4-5,7-8,16H,3,6H2,1-2H3/t8-/m0/s1. The van der Waals surface area contributed by atoms with Crippen molar-refractivity contribution in [3.05, 3.63) is 35.6 Å². The van der Waals surface area contributed by atoms with Crippen LogP contribution in [0.1, 0.15) is 19.4 Å². The van der Waals surface area contributed by atoms with E-state index >= 15 is 0 Å². The summed E-state index contributed by atoms with van der Waals surface area (Å²) in [5, 5.41) is 3.38. The van der Waals surface area contributed by atoms with Gasteiger partial charge in [-0.15, -0.1) is 0 Å². The lowest BCUT2D eigenvalue weighted by Gasteiger charge is -2.13. The van der Waals surface area contributed by atoms with Gasteiger partial charge in [-0.2, -0.15) is 0 Å². The lowest BCUT2D eigenvalue weighted by atomic mass is 10.0. The second-order valence-electron chi connectivity index (χ2n) is 4.16. The number of hydrogen-bond acceptors (Lipinski definition) is 2. The maximum absolute atomic E-state index is 14.0. The second kappa shape index (κ2) is 4.84. The molecule has 4 heteroatoms. The van der Waals surface area contributed by atoms with Crippen LogP contribution in [0.5, 0.6) is 0 Å². The fraction of sp³-hybridized carbons (Fsp3) is 0.385. The molecule has 92 valence electrons. The third-order valence-electron chi connectivity index (χ3n) is 2.78. The summed E-state index contributed by atoms with van der Waals surface area (Å²) >= 11 is 0. The number of fused-ring (bicyclic) bond motifs is 1. The van der Waals surface area contributed by atoms with Crippen molar-refractivity contribution in [2.24, 2.45) is 0 Å². The quantitative estimate of drug-likeness (QED) is 0.886. The van der Waals surface area contributed by atoms with E-state index in [4.69, 9.17) is 4.42 Å². The Hall–Kier alpha value is -1.42. The largest absolute Gasteiger partial charge is 0.461 e. The van der Waals surface area contributed by atoms with E-state index in [1.807, 2.05) is 13.8 Å². The van der Waals surface area contributed by atoms with Gasteiger partial charge in [0.1, 0.15) is 5.82 Å². The van der Waals surface area contributed by atoms with Crippen LogP contribution >= 0.6 is 0 Å². The van der Waals surface area contributed by atoms with Gasteiger partial charge in [0.15, 0.2) is 11.4 Å². The minimum atomic E-state index is -0.509. The first-order chi connectivity index (χ1) is 8.13. The predicted octanol–water partition coefficient (Wildman–Crippen LogP) is 3.25. The minimum Gasteiger partial charge on any atom is -0.461 e. The summed E-state index contributed by atoms with van der Waals surface area (Å²) in [6.07, 6.45) is 1.76. The molecule has 2 nitrogen and oxygen atoms in total. The average Bonchev–Trinajstić information content (AvgIpc) is 2.75. The zero-order chi connectivity index (χ0) is 12.4. The molecule has 0 saturated carbocycles. The van der Waals surface area contributed by atoms with Crippen molar-refractivity contribution < 1.29 is 13.2 Å². The van der Waals surface area contributed by atoms with Crippen molar-refractivity contribution >= 4 is 11.0 Å². The highest BCUT2D eigenvalue weighted by molar-refractivity contribution is 5.79. The van der Waals surface area contributed by atoms with Gasteiger partial charge in [0.05, 0.1) is 11.6 Å². The second-order valence-corrected chi connectivity index (χ2v) is 4.16. The van der Waals surface area contributed by atoms with Crippen molar-refractivity contribution in [1.82, 2.24) is 5.32 Å². The first kappa shape index (κ1) is 12.0. The number of furan rings is 1. The number of hydrogen-bond donors (Lipinski definition) is 1. The molecule has 0 aliphatic rings. The summed E-state index contributed by atoms with van der Waals surface area (Å²) in [7, 11) is 0. The SMILES string of the molecule is CCN[C@@H](C)Cc1cc(F)c2occc2c1F. The summed E-state index contributed by atoms with van der Waals surface area (Å²) < 4.78 is 32.6. The number of rotatable bonds is 4. The maximum Gasteiger partial charge on any atom is 0.172 e. The smallest absolute Gasteiger partial charge is 0.172 e. The molecule has 0 unspecified atom stereocenters. The molecule has 0 bridgehead atoms. The monoisotopic (exact) mass is 239 g/mol. The highest BCUT2D eigenvalue weighted by atomic mass is 19.1. The molecular formula is C13H15F2NO. The predicted molar refractivity (Wildman–Crippen MR) is 63.0 cm³/mol. The molecule has 0 radical (unpaired) electrons. The van der Waals surface area contributed by atoms with E-state index in [0.717, 1.165) is 6.54 Å². The van der Waals surface area contributed by atoms with Crippen molar-refractivity contribution in [3.8, 4) is 0 Å². The Kier molecular flexibility index (Phi) is 3.43. The van der Waals surface area contributed by atoms with Crippen LogP contribution < -0.4 is 5.32 Å². The summed E-state index contributed by atoms with van der Waals surface area (Å²) in [6, 6.07) is 2.78. The van der Waals surface area contributed by atoms with E-state index in [0.29, 0.717) is 12.0 Å². The maximum atomic E-state index is 14.0. The Morgan fingerprint density at radius 1 is 1.41 bits per heavy atom. The van der Waals surface area contributed by atoms with Crippen LogP contribution in [-0.2, 0) is 6.42 Å². The zero-order valence-electron chi connectivity index (χ0n) is 9.89. The van der Waals surface area contributed by atoms with E-state index < -0.39 is 5.82 Å². The molecule has 0 aliphatic heterocycles. The molecule has 2 aromatic rings. The van der Waals surface area contributed by atoms with Crippen molar-refractivity contribution in [3.63, 3.8) is 0 Å². The summed E-state index contributed by atoms with van der Waals surface area (Å²) in [5.74, 6) is -0.898. The molecule has 1 N–H and O–H groups in total. The fourth-order valence-electron chi connectivity index (χ4n) is 2.02. The van der Waals surface area contributed by atoms with Gasteiger partial charge in [-0.3, -0.25) is 0 Å². The first-order valence-electron chi connectivity index (χ1n) is 5.71. The van der Waals surface area contributed by atoms with Crippen LogP contribution in [0.2, 0.25) is 0 Å².